The number of nitrogens with zero attached hydrogens (tertiary/aromatic N) is 2. The van der Waals surface area contributed by atoms with Gasteiger partial charge < -0.3 is 9.32 Å². The van der Waals surface area contributed by atoms with Crippen LogP contribution in [0.3, 0.4) is 0 Å². The van der Waals surface area contributed by atoms with Crippen LogP contribution in [0.2, 0.25) is 5.02 Å². The molecule has 27 heavy (non-hydrogen) atoms. The van der Waals surface area contributed by atoms with Crippen molar-refractivity contribution in [3.05, 3.63) is 64.5 Å². The van der Waals surface area contributed by atoms with Gasteiger partial charge in [-0.2, -0.15) is 0 Å². The van der Waals surface area contributed by atoms with Crippen LogP contribution in [0, 0.1) is 6.92 Å². The summed E-state index contributed by atoms with van der Waals surface area (Å²) in [6.07, 6.45) is 2.37. The normalized spacial score (nSPS) is 17.3. The lowest BCUT2D eigenvalue weighted by molar-refractivity contribution is 0.227. The van der Waals surface area contributed by atoms with E-state index in [1.54, 1.807) is 0 Å². The molecule has 0 saturated carbocycles. The van der Waals surface area contributed by atoms with Gasteiger partial charge in [-0.3, -0.25) is 0 Å². The first kappa shape index (κ1) is 18.3. The van der Waals surface area contributed by atoms with E-state index in [9.17, 15) is 0 Å². The predicted octanol–water partition coefficient (Wildman–Crippen LogP) is 4.56. The largest absolute Gasteiger partial charge is 0.456 e. The number of likely N-dealkylation sites (tertiary alicyclic amines) is 1. The summed E-state index contributed by atoms with van der Waals surface area (Å²) < 4.78 is 8.71. The molecule has 1 fully saturated rings. The lowest BCUT2D eigenvalue weighted by Gasteiger charge is -2.26. The number of hydrogen-bond acceptors (Lipinski definition) is 2. The zero-order valence-electron chi connectivity index (χ0n) is 16.2. The number of rotatable bonds is 2. The fourth-order valence-corrected chi connectivity index (χ4v) is 4.04. The highest BCUT2D eigenvalue weighted by Gasteiger charge is 2.24. The van der Waals surface area contributed by atoms with Crippen molar-refractivity contribution in [2.75, 3.05) is 27.2 Å². The van der Waals surface area contributed by atoms with E-state index in [1.165, 1.54) is 29.1 Å². The standard InChI is InChI=1S/C23H26ClN2O/c1-16-4-9-22-20(14-16)21(26(3)19-10-12-25(2)13-11-19)15-23(27-22)17-5-7-18(24)8-6-17/h4-9,14-15,19H,10-13H2,1-3H3/q+1. The molecule has 3 nitrogen and oxygen atoms in total. The summed E-state index contributed by atoms with van der Waals surface area (Å²) in [4.78, 5) is 2.41. The SMILES string of the molecule is Cc1ccc2oc(-c3ccc(Cl)cc3)cc(=[N+](C)C3CCN(C)CC3)c2c1. The molecule has 0 N–H and O–H groups in total. The Labute approximate surface area is 165 Å². The van der Waals surface area contributed by atoms with Crippen LogP contribution in [0.15, 0.2) is 52.9 Å². The highest BCUT2D eigenvalue weighted by atomic mass is 35.5. The Bertz CT molecular complexity index is 1030. The molecule has 2 aromatic carbocycles. The minimum atomic E-state index is 0.547. The second-order valence-electron chi connectivity index (χ2n) is 7.65. The van der Waals surface area contributed by atoms with Gasteiger partial charge in [0.25, 0.3) is 0 Å². The molecule has 2 heterocycles. The highest BCUT2D eigenvalue weighted by Crippen LogP contribution is 2.24. The Kier molecular flexibility index (Phi) is 5.07. The molecule has 4 heteroatoms. The van der Waals surface area contributed by atoms with Gasteiger partial charge in [-0.05, 0) is 50.4 Å². The van der Waals surface area contributed by atoms with E-state index in [4.69, 9.17) is 16.0 Å². The first-order valence-electron chi connectivity index (χ1n) is 9.56. The molecule has 0 unspecified atom stereocenters. The smallest absolute Gasteiger partial charge is 0.214 e. The van der Waals surface area contributed by atoms with Gasteiger partial charge in [-0.15, -0.1) is 0 Å². The van der Waals surface area contributed by atoms with Crippen LogP contribution in [0.1, 0.15) is 18.4 Å². The second-order valence-corrected chi connectivity index (χ2v) is 8.08. The number of piperidine rings is 1. The maximum Gasteiger partial charge on any atom is 0.214 e. The van der Waals surface area contributed by atoms with E-state index < -0.39 is 0 Å². The molecule has 4 rings (SSSR count). The van der Waals surface area contributed by atoms with Crippen LogP contribution in [0.5, 0.6) is 0 Å². The quantitative estimate of drug-likeness (QED) is 0.606. The molecule has 1 aliphatic rings. The fraction of sp³-hybridized carbons (Fsp3) is 0.348. The van der Waals surface area contributed by atoms with Gasteiger partial charge in [0.2, 0.25) is 5.36 Å². The minimum Gasteiger partial charge on any atom is -0.456 e. The summed E-state index contributed by atoms with van der Waals surface area (Å²) in [7, 11) is 4.42. The molecule has 0 aliphatic carbocycles. The third-order valence-corrected chi connectivity index (χ3v) is 5.90. The first-order valence-corrected chi connectivity index (χ1v) is 9.94. The molecular formula is C23H26ClN2O+. The fourth-order valence-electron chi connectivity index (χ4n) is 3.91. The summed E-state index contributed by atoms with van der Waals surface area (Å²) in [5.41, 5.74) is 3.21. The van der Waals surface area contributed by atoms with Crippen LogP contribution >= 0.6 is 11.6 Å². The lowest BCUT2D eigenvalue weighted by Crippen LogP contribution is -2.44. The molecule has 0 bridgehead atoms. The number of hydrogen-bond donors (Lipinski definition) is 0. The van der Waals surface area contributed by atoms with Gasteiger partial charge in [0.15, 0.2) is 6.04 Å². The minimum absolute atomic E-state index is 0.547. The summed E-state index contributed by atoms with van der Waals surface area (Å²) in [5.74, 6) is 0.873. The molecule has 0 spiro atoms. The van der Waals surface area contributed by atoms with Crippen LogP contribution in [0.25, 0.3) is 22.3 Å². The van der Waals surface area contributed by atoms with Crippen molar-refractivity contribution < 1.29 is 4.42 Å². The summed E-state index contributed by atoms with van der Waals surface area (Å²) in [6.45, 7) is 4.42. The third-order valence-electron chi connectivity index (χ3n) is 5.64. The van der Waals surface area contributed by atoms with Crippen LogP contribution in [-0.2, 0) is 0 Å². The van der Waals surface area contributed by atoms with Gasteiger partial charge in [-0.1, -0.05) is 23.2 Å². The molecule has 0 radical (unpaired) electrons. The molecule has 1 aliphatic heterocycles. The predicted molar refractivity (Wildman–Crippen MR) is 113 cm³/mol. The van der Waals surface area contributed by atoms with E-state index in [-0.39, 0.29) is 0 Å². The molecule has 3 aromatic rings. The molecule has 0 atom stereocenters. The Morgan fingerprint density at radius 3 is 2.44 bits per heavy atom. The Morgan fingerprint density at radius 1 is 1.04 bits per heavy atom. The summed E-state index contributed by atoms with van der Waals surface area (Å²) >= 11 is 6.06. The molecular weight excluding hydrogens is 356 g/mol. The van der Waals surface area contributed by atoms with Crippen molar-refractivity contribution in [3.8, 4) is 11.3 Å². The Hall–Kier alpha value is -2.10. The van der Waals surface area contributed by atoms with Crippen LogP contribution < -0.4 is 9.93 Å². The van der Waals surface area contributed by atoms with Gasteiger partial charge >= 0.3 is 0 Å². The first-order chi connectivity index (χ1) is 13.0. The van der Waals surface area contributed by atoms with Gasteiger partial charge in [-0.25, -0.2) is 4.58 Å². The van der Waals surface area contributed by atoms with E-state index in [0.717, 1.165) is 35.0 Å². The third kappa shape index (κ3) is 3.80. The van der Waals surface area contributed by atoms with E-state index in [2.05, 4.69) is 54.8 Å². The van der Waals surface area contributed by atoms with Crippen LogP contribution in [-0.4, -0.2) is 38.1 Å². The zero-order valence-corrected chi connectivity index (χ0v) is 17.0. The lowest BCUT2D eigenvalue weighted by atomic mass is 10.0. The number of halogens is 1. The highest BCUT2D eigenvalue weighted by molar-refractivity contribution is 6.30. The number of benzene rings is 2. The van der Waals surface area contributed by atoms with Gasteiger partial charge in [0.1, 0.15) is 18.4 Å². The Morgan fingerprint density at radius 2 is 1.74 bits per heavy atom. The number of fused-ring (bicyclic) bond motifs is 1. The zero-order chi connectivity index (χ0) is 19.0. The average Bonchev–Trinajstić information content (AvgIpc) is 2.68. The summed E-state index contributed by atoms with van der Waals surface area (Å²) in [6, 6.07) is 17.0. The van der Waals surface area contributed by atoms with Crippen LogP contribution in [0.4, 0.5) is 0 Å². The maximum absolute atomic E-state index is 6.26. The Balaban J connectivity index is 1.92. The van der Waals surface area contributed by atoms with Gasteiger partial charge in [0, 0.05) is 36.5 Å². The second kappa shape index (κ2) is 7.49. The average molecular weight is 382 g/mol. The van der Waals surface area contributed by atoms with Crippen molar-refractivity contribution in [2.24, 2.45) is 0 Å². The summed E-state index contributed by atoms with van der Waals surface area (Å²) in [5, 5.41) is 3.15. The molecule has 0 amide bonds. The van der Waals surface area contributed by atoms with E-state index >= 15 is 0 Å². The monoisotopic (exact) mass is 381 g/mol. The number of aryl methyl sites for hydroxylation is 1. The van der Waals surface area contributed by atoms with Crippen molar-refractivity contribution in [3.63, 3.8) is 0 Å². The maximum atomic E-state index is 6.26. The molecule has 1 aromatic heterocycles. The van der Waals surface area contributed by atoms with Crippen molar-refractivity contribution >= 4 is 22.6 Å². The van der Waals surface area contributed by atoms with Crippen molar-refractivity contribution in [1.82, 2.24) is 9.48 Å². The topological polar surface area (TPSA) is 19.4 Å². The molecule has 140 valence electrons. The van der Waals surface area contributed by atoms with E-state index in [0.29, 0.717) is 6.04 Å². The van der Waals surface area contributed by atoms with Crippen molar-refractivity contribution in [1.29, 1.82) is 0 Å². The molecule has 1 saturated heterocycles. The van der Waals surface area contributed by atoms with Gasteiger partial charge in [0.05, 0.1) is 11.5 Å². The van der Waals surface area contributed by atoms with Crippen molar-refractivity contribution in [2.45, 2.75) is 25.8 Å². The van der Waals surface area contributed by atoms with E-state index in [1.807, 2.05) is 24.3 Å².